The van der Waals surface area contributed by atoms with Crippen molar-refractivity contribution in [2.75, 3.05) is 13.1 Å². The van der Waals surface area contributed by atoms with Crippen molar-refractivity contribution in [1.29, 1.82) is 0 Å². The molecular weight excluding hydrogens is 331 g/mol. The topological polar surface area (TPSA) is 201 Å². The average molecular weight is 351 g/mol. The van der Waals surface area contributed by atoms with Crippen LogP contribution in [-0.2, 0) is 32.0 Å². The molecule has 0 aromatic rings. The second-order valence-electron chi connectivity index (χ2n) is 3.82. The van der Waals surface area contributed by atoms with Gasteiger partial charge in [0.2, 0.25) is 0 Å². The van der Waals surface area contributed by atoms with E-state index in [2.05, 4.69) is 0 Å². The van der Waals surface area contributed by atoms with Crippen molar-refractivity contribution in [2.24, 2.45) is 11.5 Å². The zero-order valence-electron chi connectivity index (χ0n) is 11.2. The number of rotatable bonds is 9. The van der Waals surface area contributed by atoms with E-state index in [0.717, 1.165) is 0 Å². The number of carboxylic acid groups (broad SMARTS) is 4. The van der Waals surface area contributed by atoms with E-state index in [-0.39, 0.29) is 0 Å². The van der Waals surface area contributed by atoms with Gasteiger partial charge >= 0.3 is 97.6 Å². The van der Waals surface area contributed by atoms with Crippen LogP contribution < -0.4 is 11.5 Å². The van der Waals surface area contributed by atoms with Crippen LogP contribution >= 0.6 is 0 Å². The van der Waals surface area contributed by atoms with Crippen molar-refractivity contribution in [3.8, 4) is 0 Å². The Kier molecular flexibility index (Phi) is 11.4. The van der Waals surface area contributed by atoms with Crippen LogP contribution in [0.5, 0.6) is 0 Å². The molecule has 0 aromatic carbocycles. The van der Waals surface area contributed by atoms with Crippen LogP contribution in [0.25, 0.3) is 0 Å². The van der Waals surface area contributed by atoms with Gasteiger partial charge in [-0.2, -0.15) is 0 Å². The van der Waals surface area contributed by atoms with Crippen LogP contribution in [0.2, 0.25) is 21.3 Å². The Morgan fingerprint density at radius 2 is 0.810 bits per heavy atom. The molecule has 0 aliphatic heterocycles. The van der Waals surface area contributed by atoms with Crippen LogP contribution in [0.3, 0.4) is 0 Å². The first-order chi connectivity index (χ1) is 9.58. The average Bonchev–Trinajstić information content (AvgIpc) is 2.24. The van der Waals surface area contributed by atoms with Gasteiger partial charge in [0, 0.05) is 13.1 Å². The zero-order valence-corrected chi connectivity index (χ0v) is 12.4. The van der Waals surface area contributed by atoms with Gasteiger partial charge in [0.25, 0.3) is 0 Å². The molecule has 21 heavy (non-hydrogen) atoms. The first-order valence-corrected chi connectivity index (χ1v) is 8.85. The quantitative estimate of drug-likeness (QED) is 0.281. The molecule has 0 bridgehead atoms. The minimum atomic E-state index is -3.47. The summed E-state index contributed by atoms with van der Waals surface area (Å²) in [5, 5.41) is 31.9. The fourth-order valence-corrected chi connectivity index (χ4v) is 5.17. The number of aliphatic carboxylic acids is 4. The van der Waals surface area contributed by atoms with Gasteiger partial charge in [0.1, 0.15) is 0 Å². The van der Waals surface area contributed by atoms with Crippen molar-refractivity contribution in [1.82, 2.24) is 0 Å². The molecule has 0 fully saturated rings. The van der Waals surface area contributed by atoms with E-state index in [9.17, 15) is 19.2 Å². The van der Waals surface area contributed by atoms with Gasteiger partial charge < -0.3 is 11.5 Å². The summed E-state index contributed by atoms with van der Waals surface area (Å²) in [6.07, 6.45) is 0. The number of carboxylic acids is 4. The molecule has 0 aliphatic rings. The fourth-order valence-electron chi connectivity index (χ4n) is 1.25. The SMILES string of the molecule is NCCN.O=C(O)[CH2][Mn]([CH2]C(=O)O)([CH2]C(=O)O)[CH2]C(=O)O. The molecule has 0 rings (SSSR count). The van der Waals surface area contributed by atoms with Gasteiger partial charge in [0.15, 0.2) is 0 Å². The van der Waals surface area contributed by atoms with Crippen molar-refractivity contribution < 1.29 is 52.4 Å². The molecule has 0 unspecified atom stereocenters. The summed E-state index contributed by atoms with van der Waals surface area (Å²) in [5.41, 5.74) is 9.81. The number of nitrogens with two attached hydrogens (primary N) is 2. The van der Waals surface area contributed by atoms with Crippen LogP contribution in [0.4, 0.5) is 0 Å². The monoisotopic (exact) mass is 351 g/mol. The van der Waals surface area contributed by atoms with Gasteiger partial charge in [-0.3, -0.25) is 0 Å². The van der Waals surface area contributed by atoms with Gasteiger partial charge in [-0.25, -0.2) is 0 Å². The Labute approximate surface area is 123 Å². The number of hydrogen-bond donors (Lipinski definition) is 6. The molecule has 10 nitrogen and oxygen atoms in total. The van der Waals surface area contributed by atoms with E-state index in [0.29, 0.717) is 13.1 Å². The summed E-state index contributed by atoms with van der Waals surface area (Å²) in [6, 6.07) is 0. The second-order valence-corrected chi connectivity index (χ2v) is 9.03. The Morgan fingerprint density at radius 3 is 0.905 bits per heavy atom. The third-order valence-corrected chi connectivity index (χ3v) is 6.73. The zero-order chi connectivity index (χ0) is 17.1. The van der Waals surface area contributed by atoms with E-state index in [4.69, 9.17) is 31.9 Å². The number of hydrogen-bond acceptors (Lipinski definition) is 6. The summed E-state index contributed by atoms with van der Waals surface area (Å²) in [7, 11) is 0. The van der Waals surface area contributed by atoms with Crippen LogP contribution in [0.1, 0.15) is 0 Å². The van der Waals surface area contributed by atoms with Gasteiger partial charge in [-0.05, 0) is 0 Å². The molecule has 0 spiro atoms. The molecule has 0 amide bonds. The van der Waals surface area contributed by atoms with Crippen molar-refractivity contribution in [3.05, 3.63) is 0 Å². The van der Waals surface area contributed by atoms with Crippen molar-refractivity contribution in [2.45, 2.75) is 21.3 Å². The Hall–Kier alpha value is -1.68. The molecular formula is C10H20MnN2O8. The van der Waals surface area contributed by atoms with Crippen LogP contribution in [0.15, 0.2) is 0 Å². The summed E-state index contributed by atoms with van der Waals surface area (Å²) in [4.78, 5) is 42.5. The third kappa shape index (κ3) is 13.1. The van der Waals surface area contributed by atoms with Crippen LogP contribution in [-0.4, -0.2) is 57.4 Å². The molecule has 0 aliphatic carbocycles. The standard InChI is InChI=1S/C2H8N2.4C2H3O2.Mn/c3-1-2-4;4*1-2(3)4;/h1-4H2;4*1H2,(H,3,4);. The fraction of sp³-hybridized carbons (Fsp3) is 0.600. The molecule has 0 aromatic heterocycles. The molecule has 0 saturated carbocycles. The summed E-state index contributed by atoms with van der Waals surface area (Å²) in [5.74, 6) is -5.50. The molecule has 11 heteroatoms. The molecule has 8 N–H and O–H groups in total. The molecule has 0 atom stereocenters. The second kappa shape index (κ2) is 11.0. The summed E-state index contributed by atoms with van der Waals surface area (Å²) in [6.45, 7) is 1.19. The van der Waals surface area contributed by atoms with E-state index < -0.39 is 58.0 Å². The molecule has 0 radical (unpaired) electrons. The van der Waals surface area contributed by atoms with Crippen LogP contribution in [0, 0.1) is 0 Å². The van der Waals surface area contributed by atoms with Crippen molar-refractivity contribution >= 4 is 23.9 Å². The Morgan fingerprint density at radius 1 is 0.619 bits per heavy atom. The first kappa shape index (κ1) is 21.6. The normalized spacial score (nSPS) is 11.0. The Bertz CT molecular complexity index is 316. The predicted molar refractivity (Wildman–Crippen MR) is 67.9 cm³/mol. The maximum absolute atomic E-state index is 10.6. The molecule has 0 saturated heterocycles. The Balaban J connectivity index is 0. The van der Waals surface area contributed by atoms with Gasteiger partial charge in [-0.15, -0.1) is 0 Å². The van der Waals surface area contributed by atoms with Crippen molar-refractivity contribution in [3.63, 3.8) is 0 Å². The molecule has 125 valence electrons. The van der Waals surface area contributed by atoms with E-state index in [1.165, 1.54) is 0 Å². The van der Waals surface area contributed by atoms with E-state index in [1.807, 2.05) is 0 Å². The summed E-state index contributed by atoms with van der Waals surface area (Å²) >= 11 is -3.47. The third-order valence-electron chi connectivity index (χ3n) is 1.76. The van der Waals surface area contributed by atoms with Gasteiger partial charge in [-0.1, -0.05) is 0 Å². The summed E-state index contributed by atoms with van der Waals surface area (Å²) < 4.78 is 0. The van der Waals surface area contributed by atoms with E-state index in [1.54, 1.807) is 0 Å². The maximum atomic E-state index is 10.6. The predicted octanol–water partition coefficient (Wildman–Crippen LogP) is -0.944. The first-order valence-electron chi connectivity index (χ1n) is 5.51. The molecule has 0 heterocycles. The van der Waals surface area contributed by atoms with Gasteiger partial charge in [0.05, 0.1) is 0 Å². The number of carbonyl (C=O) groups is 4. The van der Waals surface area contributed by atoms with E-state index >= 15 is 0 Å². The minimum absolute atomic E-state index is 0.597.